The fourth-order valence-corrected chi connectivity index (χ4v) is 3.59. The fraction of sp³-hybridized carbons (Fsp3) is 0.238. The number of alkyl halides is 1. The van der Waals surface area contributed by atoms with E-state index in [4.69, 9.17) is 15.9 Å². The SMILES string of the molecule is N#Cc1ccc(CF)nc1S[C@H](C[C@H](N)CO)c1ccccc1.O=C(O)C=CC(=O)O. The molecule has 8 nitrogen and oxygen atoms in total. The van der Waals surface area contributed by atoms with E-state index in [1.165, 1.54) is 17.8 Å². The van der Waals surface area contributed by atoms with Crippen LogP contribution in [0.1, 0.15) is 28.5 Å². The number of nitriles is 1. The Morgan fingerprint density at radius 1 is 1.16 bits per heavy atom. The van der Waals surface area contributed by atoms with Crippen LogP contribution in [0.4, 0.5) is 4.39 Å². The van der Waals surface area contributed by atoms with E-state index < -0.39 is 18.6 Å². The molecule has 10 heteroatoms. The lowest BCUT2D eigenvalue weighted by Gasteiger charge is -2.20. The zero-order chi connectivity index (χ0) is 23.2. The summed E-state index contributed by atoms with van der Waals surface area (Å²) in [5.74, 6) is -2.51. The second kappa shape index (κ2) is 13.9. The van der Waals surface area contributed by atoms with Gasteiger partial charge in [-0.1, -0.05) is 42.1 Å². The van der Waals surface area contributed by atoms with Gasteiger partial charge in [0, 0.05) is 23.4 Å². The number of thioether (sulfide) groups is 1. The van der Waals surface area contributed by atoms with Crippen molar-refractivity contribution in [2.45, 2.75) is 29.4 Å². The van der Waals surface area contributed by atoms with E-state index in [1.54, 1.807) is 6.07 Å². The molecule has 0 aliphatic carbocycles. The first-order valence-corrected chi connectivity index (χ1v) is 9.86. The molecule has 5 N–H and O–H groups in total. The molecule has 1 heterocycles. The smallest absolute Gasteiger partial charge is 0.328 e. The van der Waals surface area contributed by atoms with Crippen LogP contribution in [-0.4, -0.2) is 44.9 Å². The monoisotopic (exact) mass is 447 g/mol. The van der Waals surface area contributed by atoms with Crippen LogP contribution in [0.5, 0.6) is 0 Å². The summed E-state index contributed by atoms with van der Waals surface area (Å²) in [6, 6.07) is 14.5. The first-order chi connectivity index (χ1) is 14.8. The molecule has 0 amide bonds. The number of aliphatic hydroxyl groups excluding tert-OH is 1. The Hall–Kier alpha value is -3.26. The van der Waals surface area contributed by atoms with Crippen molar-refractivity contribution in [3.63, 3.8) is 0 Å². The van der Waals surface area contributed by atoms with Crippen LogP contribution in [0.25, 0.3) is 0 Å². The summed E-state index contributed by atoms with van der Waals surface area (Å²) < 4.78 is 12.9. The number of benzene rings is 1. The number of nitrogens with two attached hydrogens (primary N) is 1. The molecular weight excluding hydrogens is 425 g/mol. The van der Waals surface area contributed by atoms with Gasteiger partial charge in [0.25, 0.3) is 0 Å². The minimum Gasteiger partial charge on any atom is -0.478 e. The third-order valence-electron chi connectivity index (χ3n) is 3.72. The molecule has 0 radical (unpaired) electrons. The minimum atomic E-state index is -1.26. The fourth-order valence-electron chi connectivity index (χ4n) is 2.27. The van der Waals surface area contributed by atoms with Gasteiger partial charge in [-0.25, -0.2) is 19.0 Å². The van der Waals surface area contributed by atoms with Crippen LogP contribution in [-0.2, 0) is 16.3 Å². The molecule has 2 rings (SSSR count). The van der Waals surface area contributed by atoms with E-state index in [0.717, 1.165) is 5.56 Å². The highest BCUT2D eigenvalue weighted by Gasteiger charge is 2.19. The number of pyridine rings is 1. The molecular formula is C21H22FN3O5S. The molecule has 2 aromatic rings. The molecule has 164 valence electrons. The third-order valence-corrected chi connectivity index (χ3v) is 5.00. The Morgan fingerprint density at radius 3 is 2.26 bits per heavy atom. The van der Waals surface area contributed by atoms with Crippen molar-refractivity contribution in [1.82, 2.24) is 4.98 Å². The molecule has 0 aliphatic heterocycles. The number of hydrogen-bond donors (Lipinski definition) is 4. The van der Waals surface area contributed by atoms with E-state index >= 15 is 0 Å². The van der Waals surface area contributed by atoms with Crippen molar-refractivity contribution in [3.8, 4) is 6.07 Å². The van der Waals surface area contributed by atoms with Gasteiger partial charge in [-0.3, -0.25) is 0 Å². The van der Waals surface area contributed by atoms with Gasteiger partial charge in [0.2, 0.25) is 0 Å². The minimum absolute atomic E-state index is 0.0761. The summed E-state index contributed by atoms with van der Waals surface area (Å²) in [6.45, 7) is -0.793. The molecule has 0 saturated heterocycles. The maximum atomic E-state index is 12.9. The number of nitrogens with zero attached hydrogens (tertiary/aromatic N) is 2. The second-order valence-corrected chi connectivity index (χ2v) is 7.30. The van der Waals surface area contributed by atoms with Crippen LogP contribution in [0.15, 0.2) is 59.6 Å². The molecule has 0 aliphatic rings. The first-order valence-electron chi connectivity index (χ1n) is 8.98. The second-order valence-electron chi connectivity index (χ2n) is 6.11. The maximum absolute atomic E-state index is 12.9. The van der Waals surface area contributed by atoms with Gasteiger partial charge in [0.05, 0.1) is 17.9 Å². The Bertz CT molecular complexity index is 918. The number of carboxylic acids is 2. The summed E-state index contributed by atoms with van der Waals surface area (Å²) >= 11 is 1.37. The lowest BCUT2D eigenvalue weighted by atomic mass is 10.1. The van der Waals surface area contributed by atoms with Crippen LogP contribution in [0.2, 0.25) is 0 Å². The predicted octanol–water partition coefficient (Wildman–Crippen LogP) is 2.68. The standard InChI is InChI=1S/C17H18FN3OS.C4H4O4/c18-9-15-7-6-13(10-19)17(21-15)23-16(8-14(20)11-22)12-4-2-1-3-5-12;5-3(6)1-2-4(7)8/h1-7,14,16,22H,8-9,11,20H2;1-2H,(H,5,6)(H,7,8)/t14-,16+;/m0./s1. The molecule has 0 bridgehead atoms. The van der Waals surface area contributed by atoms with Gasteiger partial charge < -0.3 is 21.1 Å². The summed E-state index contributed by atoms with van der Waals surface area (Å²) in [4.78, 5) is 23.3. The van der Waals surface area contributed by atoms with E-state index in [2.05, 4.69) is 11.1 Å². The van der Waals surface area contributed by atoms with Gasteiger partial charge in [0.1, 0.15) is 17.8 Å². The Morgan fingerprint density at radius 2 is 1.77 bits per heavy atom. The zero-order valence-electron chi connectivity index (χ0n) is 16.4. The van der Waals surface area contributed by atoms with Crippen molar-refractivity contribution in [3.05, 3.63) is 71.4 Å². The van der Waals surface area contributed by atoms with Crippen LogP contribution in [0, 0.1) is 11.3 Å². The van der Waals surface area contributed by atoms with Crippen molar-refractivity contribution in [2.24, 2.45) is 5.73 Å². The third kappa shape index (κ3) is 9.86. The lowest BCUT2D eigenvalue weighted by Crippen LogP contribution is -2.26. The van der Waals surface area contributed by atoms with Crippen LogP contribution < -0.4 is 5.73 Å². The highest BCUT2D eigenvalue weighted by atomic mass is 32.2. The zero-order valence-corrected chi connectivity index (χ0v) is 17.2. The number of aromatic nitrogens is 1. The average Bonchev–Trinajstić information content (AvgIpc) is 2.78. The summed E-state index contributed by atoms with van der Waals surface area (Å²) in [7, 11) is 0. The predicted molar refractivity (Wildman–Crippen MR) is 113 cm³/mol. The van der Waals surface area contributed by atoms with Crippen LogP contribution in [0.3, 0.4) is 0 Å². The summed E-state index contributed by atoms with van der Waals surface area (Å²) in [6.07, 6.45) is 1.64. The molecule has 0 unspecified atom stereocenters. The van der Waals surface area contributed by atoms with E-state index in [0.29, 0.717) is 34.9 Å². The molecule has 1 aromatic heterocycles. The number of aliphatic carboxylic acids is 2. The Labute approximate surface area is 182 Å². The number of carboxylic acid groups (broad SMARTS) is 2. The van der Waals surface area contributed by atoms with Gasteiger partial charge in [-0.05, 0) is 24.1 Å². The van der Waals surface area contributed by atoms with Crippen molar-refractivity contribution in [2.75, 3.05) is 6.61 Å². The lowest BCUT2D eigenvalue weighted by molar-refractivity contribution is -0.134. The molecule has 1 aromatic carbocycles. The first kappa shape index (κ1) is 25.8. The van der Waals surface area contributed by atoms with E-state index in [-0.39, 0.29) is 17.9 Å². The van der Waals surface area contributed by atoms with Crippen molar-refractivity contribution < 1.29 is 29.3 Å². The van der Waals surface area contributed by atoms with Gasteiger partial charge in [-0.2, -0.15) is 5.26 Å². The van der Waals surface area contributed by atoms with Crippen LogP contribution >= 0.6 is 11.8 Å². The van der Waals surface area contributed by atoms with E-state index in [1.807, 2.05) is 30.3 Å². The number of aliphatic hydroxyl groups is 1. The topological polar surface area (TPSA) is 158 Å². The average molecular weight is 447 g/mol. The normalized spacial score (nSPS) is 12.3. The largest absolute Gasteiger partial charge is 0.478 e. The number of halogens is 1. The van der Waals surface area contributed by atoms with E-state index in [9.17, 15) is 24.3 Å². The number of rotatable bonds is 9. The van der Waals surface area contributed by atoms with Crippen molar-refractivity contribution >= 4 is 23.7 Å². The molecule has 31 heavy (non-hydrogen) atoms. The molecule has 0 fully saturated rings. The van der Waals surface area contributed by atoms with Crippen molar-refractivity contribution in [1.29, 1.82) is 5.26 Å². The summed E-state index contributed by atoms with van der Waals surface area (Å²) in [5.41, 5.74) is 7.61. The molecule has 0 spiro atoms. The highest BCUT2D eigenvalue weighted by molar-refractivity contribution is 7.99. The quantitative estimate of drug-likeness (QED) is 0.335. The molecule has 0 saturated carbocycles. The highest BCUT2D eigenvalue weighted by Crippen LogP contribution is 2.38. The molecule has 2 atom stereocenters. The van der Waals surface area contributed by atoms with Gasteiger partial charge >= 0.3 is 11.9 Å². The maximum Gasteiger partial charge on any atom is 0.328 e. The Kier molecular flexibility index (Phi) is 11.5. The number of carbonyl (C=O) groups is 2. The Balaban J connectivity index is 0.000000512. The van der Waals surface area contributed by atoms with Gasteiger partial charge in [0.15, 0.2) is 0 Å². The number of hydrogen-bond acceptors (Lipinski definition) is 7. The van der Waals surface area contributed by atoms with Gasteiger partial charge in [-0.15, -0.1) is 0 Å². The summed E-state index contributed by atoms with van der Waals surface area (Å²) in [5, 5.41) is 34.5.